The van der Waals surface area contributed by atoms with Gasteiger partial charge in [0.05, 0.1) is 0 Å². The number of hydrogen-bond acceptors (Lipinski definition) is 2. The molecular formula is C16H14O2. The lowest BCUT2D eigenvalue weighted by Crippen LogP contribution is -2.16. The van der Waals surface area contributed by atoms with Crippen molar-refractivity contribution in [1.82, 2.24) is 0 Å². The van der Waals surface area contributed by atoms with Gasteiger partial charge in [0.25, 0.3) is 0 Å². The number of benzene rings is 2. The first-order valence-corrected chi connectivity index (χ1v) is 5.81. The topological polar surface area (TPSA) is 34.1 Å². The van der Waals surface area contributed by atoms with Gasteiger partial charge >= 0.3 is 0 Å². The number of Topliss-reactive ketones (excluding diaryl/α,β-unsaturated/α-hetero) is 2. The van der Waals surface area contributed by atoms with Gasteiger partial charge in [-0.15, -0.1) is 0 Å². The first kappa shape index (κ1) is 12.2. The van der Waals surface area contributed by atoms with Crippen molar-refractivity contribution in [3.8, 4) is 0 Å². The first-order chi connectivity index (χ1) is 8.61. The van der Waals surface area contributed by atoms with E-state index >= 15 is 0 Å². The van der Waals surface area contributed by atoms with Crippen LogP contribution in [0.25, 0.3) is 0 Å². The molecule has 0 amide bonds. The summed E-state index contributed by atoms with van der Waals surface area (Å²) >= 11 is 0. The number of carbonyl (C=O) groups is 2. The molecule has 0 atom stereocenters. The summed E-state index contributed by atoms with van der Waals surface area (Å²) in [5.74, 6) is -0.884. The first-order valence-electron chi connectivity index (χ1n) is 5.81. The number of rotatable bonds is 3. The van der Waals surface area contributed by atoms with Gasteiger partial charge in [-0.3, -0.25) is 9.59 Å². The van der Waals surface area contributed by atoms with Gasteiger partial charge in [-0.2, -0.15) is 0 Å². The number of aryl methyl sites for hydroxylation is 2. The van der Waals surface area contributed by atoms with Crippen molar-refractivity contribution in [2.45, 2.75) is 13.8 Å². The molecule has 0 aliphatic carbocycles. The van der Waals surface area contributed by atoms with Crippen LogP contribution in [-0.2, 0) is 0 Å². The van der Waals surface area contributed by atoms with Gasteiger partial charge in [0.2, 0.25) is 11.6 Å². The molecule has 2 aromatic carbocycles. The minimum atomic E-state index is -0.442. The molecule has 0 aliphatic heterocycles. The molecular weight excluding hydrogens is 224 g/mol. The van der Waals surface area contributed by atoms with Gasteiger partial charge in [0.1, 0.15) is 0 Å². The summed E-state index contributed by atoms with van der Waals surface area (Å²) in [6.07, 6.45) is 0. The van der Waals surface area contributed by atoms with Crippen LogP contribution in [0.15, 0.2) is 48.5 Å². The summed E-state index contributed by atoms with van der Waals surface area (Å²) < 4.78 is 0. The third-order valence-corrected chi connectivity index (χ3v) is 2.99. The molecule has 0 saturated heterocycles. The molecule has 0 aliphatic rings. The Kier molecular flexibility index (Phi) is 3.38. The van der Waals surface area contributed by atoms with Gasteiger partial charge < -0.3 is 0 Å². The van der Waals surface area contributed by atoms with Crippen molar-refractivity contribution in [2.24, 2.45) is 0 Å². The second-order valence-electron chi connectivity index (χ2n) is 4.29. The predicted octanol–water partition coefficient (Wildman–Crippen LogP) is 3.37. The molecule has 2 aromatic rings. The van der Waals surface area contributed by atoms with E-state index in [1.807, 2.05) is 38.1 Å². The Hall–Kier alpha value is -2.22. The van der Waals surface area contributed by atoms with Crippen molar-refractivity contribution in [2.75, 3.05) is 0 Å². The maximum Gasteiger partial charge on any atom is 0.233 e. The van der Waals surface area contributed by atoms with E-state index < -0.39 is 11.6 Å². The van der Waals surface area contributed by atoms with Gasteiger partial charge in [-0.1, -0.05) is 48.5 Å². The second-order valence-corrected chi connectivity index (χ2v) is 4.29. The van der Waals surface area contributed by atoms with Crippen molar-refractivity contribution >= 4 is 11.6 Å². The highest BCUT2D eigenvalue weighted by atomic mass is 16.2. The Labute approximate surface area is 106 Å². The van der Waals surface area contributed by atoms with Gasteiger partial charge in [-0.25, -0.2) is 0 Å². The fraction of sp³-hybridized carbons (Fsp3) is 0.125. The normalized spacial score (nSPS) is 10.1. The molecule has 18 heavy (non-hydrogen) atoms. The van der Waals surface area contributed by atoms with Crippen LogP contribution in [-0.4, -0.2) is 11.6 Å². The summed E-state index contributed by atoms with van der Waals surface area (Å²) in [4.78, 5) is 24.3. The van der Waals surface area contributed by atoms with Crippen LogP contribution >= 0.6 is 0 Å². The smallest absolute Gasteiger partial charge is 0.233 e. The van der Waals surface area contributed by atoms with E-state index in [1.165, 1.54) is 0 Å². The molecule has 0 unspecified atom stereocenters. The zero-order valence-electron chi connectivity index (χ0n) is 10.4. The molecule has 90 valence electrons. The fourth-order valence-corrected chi connectivity index (χ4v) is 1.90. The lowest BCUT2D eigenvalue weighted by molar-refractivity contribution is 0.0816. The monoisotopic (exact) mass is 238 g/mol. The molecule has 2 rings (SSSR count). The lowest BCUT2D eigenvalue weighted by atomic mass is 9.96. The van der Waals surface area contributed by atoms with Crippen LogP contribution in [0.1, 0.15) is 31.8 Å². The SMILES string of the molecule is Cc1ccccc1C(=O)C(=O)c1ccccc1C. The molecule has 0 aromatic heterocycles. The highest BCUT2D eigenvalue weighted by molar-refractivity contribution is 6.49. The van der Waals surface area contributed by atoms with E-state index in [-0.39, 0.29) is 0 Å². The van der Waals surface area contributed by atoms with Crippen molar-refractivity contribution in [3.05, 3.63) is 70.8 Å². The van der Waals surface area contributed by atoms with E-state index in [1.54, 1.807) is 24.3 Å². The average Bonchev–Trinajstić information content (AvgIpc) is 2.38. The maximum atomic E-state index is 12.2. The van der Waals surface area contributed by atoms with Gasteiger partial charge in [0.15, 0.2) is 0 Å². The zero-order chi connectivity index (χ0) is 13.1. The van der Waals surface area contributed by atoms with Gasteiger partial charge in [0, 0.05) is 11.1 Å². The highest BCUT2D eigenvalue weighted by Crippen LogP contribution is 2.14. The van der Waals surface area contributed by atoms with Crippen molar-refractivity contribution in [1.29, 1.82) is 0 Å². The summed E-state index contributed by atoms with van der Waals surface area (Å²) in [6, 6.07) is 14.3. The standard InChI is InChI=1S/C16H14O2/c1-11-7-3-5-9-13(11)15(17)16(18)14-10-6-4-8-12(14)2/h3-10H,1-2H3. The number of hydrogen-bond donors (Lipinski definition) is 0. The van der Waals surface area contributed by atoms with E-state index in [2.05, 4.69) is 0 Å². The molecule has 2 nitrogen and oxygen atoms in total. The van der Waals surface area contributed by atoms with Crippen LogP contribution in [0.4, 0.5) is 0 Å². The highest BCUT2D eigenvalue weighted by Gasteiger charge is 2.20. The molecule has 0 bridgehead atoms. The molecule has 0 spiro atoms. The molecule has 0 N–H and O–H groups in total. The van der Waals surface area contributed by atoms with Crippen LogP contribution in [0.2, 0.25) is 0 Å². The van der Waals surface area contributed by atoms with Gasteiger partial charge in [-0.05, 0) is 25.0 Å². The van der Waals surface area contributed by atoms with E-state index in [0.29, 0.717) is 11.1 Å². The Balaban J connectivity index is 2.39. The van der Waals surface area contributed by atoms with Crippen LogP contribution in [0.5, 0.6) is 0 Å². The molecule has 2 heteroatoms. The summed E-state index contributed by atoms with van der Waals surface area (Å²) in [5.41, 5.74) is 2.60. The molecule has 0 fully saturated rings. The Morgan fingerprint density at radius 3 is 1.33 bits per heavy atom. The molecule has 0 radical (unpaired) electrons. The van der Waals surface area contributed by atoms with Crippen LogP contribution in [0.3, 0.4) is 0 Å². The zero-order valence-corrected chi connectivity index (χ0v) is 10.4. The van der Waals surface area contributed by atoms with Crippen LogP contribution in [0, 0.1) is 13.8 Å². The van der Waals surface area contributed by atoms with Crippen molar-refractivity contribution < 1.29 is 9.59 Å². The minimum Gasteiger partial charge on any atom is -0.285 e. The average molecular weight is 238 g/mol. The van der Waals surface area contributed by atoms with E-state index in [4.69, 9.17) is 0 Å². The largest absolute Gasteiger partial charge is 0.285 e. The summed E-state index contributed by atoms with van der Waals surface area (Å²) in [6.45, 7) is 3.66. The minimum absolute atomic E-state index is 0.442. The quantitative estimate of drug-likeness (QED) is 0.607. The summed E-state index contributed by atoms with van der Waals surface area (Å²) in [7, 11) is 0. The van der Waals surface area contributed by atoms with Crippen LogP contribution < -0.4 is 0 Å². The molecule has 0 heterocycles. The Bertz CT molecular complexity index is 556. The number of ketones is 2. The van der Waals surface area contributed by atoms with Crippen molar-refractivity contribution in [3.63, 3.8) is 0 Å². The third-order valence-electron chi connectivity index (χ3n) is 2.99. The predicted molar refractivity (Wildman–Crippen MR) is 71.0 cm³/mol. The Morgan fingerprint density at radius 2 is 1.00 bits per heavy atom. The molecule has 0 saturated carbocycles. The lowest BCUT2D eigenvalue weighted by Gasteiger charge is -2.06. The number of carbonyl (C=O) groups excluding carboxylic acids is 2. The second kappa shape index (κ2) is 4.96. The van der Waals surface area contributed by atoms with E-state index in [9.17, 15) is 9.59 Å². The summed E-state index contributed by atoms with van der Waals surface area (Å²) in [5, 5.41) is 0. The van der Waals surface area contributed by atoms with E-state index in [0.717, 1.165) is 11.1 Å². The maximum absolute atomic E-state index is 12.2. The third kappa shape index (κ3) is 2.23. The Morgan fingerprint density at radius 1 is 0.667 bits per heavy atom. The fourth-order valence-electron chi connectivity index (χ4n) is 1.90.